The van der Waals surface area contributed by atoms with Crippen molar-refractivity contribution in [1.29, 1.82) is 0 Å². The number of sulfonamides is 1. The number of hydrogen-bond donors (Lipinski definition) is 1. The van der Waals surface area contributed by atoms with Crippen LogP contribution in [0.15, 0.2) is 95.9 Å². The summed E-state index contributed by atoms with van der Waals surface area (Å²) in [5, 5.41) is 4.13. The Labute approximate surface area is 292 Å². The number of carbonyl (C=O) groups is 2. The van der Waals surface area contributed by atoms with Crippen molar-refractivity contribution in [1.82, 2.24) is 10.2 Å². The second-order valence-corrected chi connectivity index (χ2v) is 14.7. The summed E-state index contributed by atoms with van der Waals surface area (Å²) in [6.07, 6.45) is 0.869. The summed E-state index contributed by atoms with van der Waals surface area (Å²) in [6.45, 7) is 6.99. The number of amides is 2. The average molecular weight is 715 g/mol. The second kappa shape index (κ2) is 16.0. The van der Waals surface area contributed by atoms with Crippen molar-refractivity contribution in [3.05, 3.63) is 128 Å². The molecule has 0 heterocycles. The van der Waals surface area contributed by atoms with Crippen LogP contribution in [0.5, 0.6) is 0 Å². The van der Waals surface area contributed by atoms with Crippen molar-refractivity contribution in [2.45, 2.75) is 64.1 Å². The lowest BCUT2D eigenvalue weighted by atomic mass is 10.0. The van der Waals surface area contributed by atoms with Crippen molar-refractivity contribution >= 4 is 62.3 Å². The number of nitrogens with one attached hydrogen (secondary N) is 1. The highest BCUT2D eigenvalue weighted by molar-refractivity contribution is 7.92. The quantitative estimate of drug-likeness (QED) is 0.152. The lowest BCUT2D eigenvalue weighted by Crippen LogP contribution is -2.54. The van der Waals surface area contributed by atoms with Crippen molar-refractivity contribution in [2.24, 2.45) is 0 Å². The number of halogens is 3. The standard InChI is InChI=1S/C36H38Cl3N3O4S/c1-5-26(4)40-36(44)34(20-27-9-7-6-8-10-27)41(22-28-12-13-30(38)21-33(28)39)35(43)23-42(31-16-11-24(2)25(3)19-31)47(45,46)32-17-14-29(37)15-18-32/h6-19,21,26,34H,5,20,22-23H2,1-4H3,(H,40,44)/t26-,34-/m0/s1. The van der Waals surface area contributed by atoms with E-state index in [9.17, 15) is 18.0 Å². The van der Waals surface area contributed by atoms with Crippen molar-refractivity contribution in [3.63, 3.8) is 0 Å². The first-order valence-electron chi connectivity index (χ1n) is 15.2. The number of benzene rings is 4. The molecule has 0 aliphatic heterocycles. The van der Waals surface area contributed by atoms with Gasteiger partial charge in [-0.2, -0.15) is 0 Å². The number of carbonyl (C=O) groups excluding carboxylic acids is 2. The van der Waals surface area contributed by atoms with Gasteiger partial charge in [0, 0.05) is 34.1 Å². The molecular weight excluding hydrogens is 677 g/mol. The van der Waals surface area contributed by atoms with Crippen LogP contribution in [0.3, 0.4) is 0 Å². The minimum Gasteiger partial charge on any atom is -0.352 e. The molecule has 0 aromatic heterocycles. The molecule has 4 rings (SSSR count). The zero-order valence-electron chi connectivity index (χ0n) is 26.7. The first kappa shape index (κ1) is 36.3. The van der Waals surface area contributed by atoms with E-state index in [2.05, 4.69) is 5.32 Å². The van der Waals surface area contributed by atoms with Gasteiger partial charge in [-0.3, -0.25) is 13.9 Å². The molecule has 2 atom stereocenters. The van der Waals surface area contributed by atoms with Gasteiger partial charge in [0.1, 0.15) is 12.6 Å². The van der Waals surface area contributed by atoms with Crippen LogP contribution in [-0.2, 0) is 32.6 Å². The molecule has 0 aliphatic rings. The van der Waals surface area contributed by atoms with Crippen LogP contribution in [0, 0.1) is 13.8 Å². The van der Waals surface area contributed by atoms with E-state index in [1.165, 1.54) is 29.2 Å². The molecule has 1 N–H and O–H groups in total. The molecule has 4 aromatic carbocycles. The molecule has 0 saturated carbocycles. The van der Waals surface area contributed by atoms with Crippen molar-refractivity contribution < 1.29 is 18.0 Å². The molecule has 2 amide bonds. The van der Waals surface area contributed by atoms with E-state index < -0.39 is 28.5 Å². The summed E-state index contributed by atoms with van der Waals surface area (Å²) in [4.78, 5) is 30.0. The smallest absolute Gasteiger partial charge is 0.264 e. The van der Waals surface area contributed by atoms with Gasteiger partial charge in [0.25, 0.3) is 10.0 Å². The van der Waals surface area contributed by atoms with Crippen LogP contribution in [-0.4, -0.2) is 43.8 Å². The number of hydrogen-bond acceptors (Lipinski definition) is 4. The maximum Gasteiger partial charge on any atom is 0.264 e. The Bertz CT molecular complexity index is 1820. The zero-order valence-corrected chi connectivity index (χ0v) is 29.8. The molecule has 11 heteroatoms. The van der Waals surface area contributed by atoms with Crippen LogP contribution < -0.4 is 9.62 Å². The Balaban J connectivity index is 1.85. The molecule has 0 spiro atoms. The summed E-state index contributed by atoms with van der Waals surface area (Å²) in [5.41, 5.74) is 3.51. The van der Waals surface area contributed by atoms with E-state index in [-0.39, 0.29) is 29.8 Å². The third-order valence-electron chi connectivity index (χ3n) is 8.09. The van der Waals surface area contributed by atoms with Gasteiger partial charge >= 0.3 is 0 Å². The van der Waals surface area contributed by atoms with E-state index in [0.717, 1.165) is 21.0 Å². The average Bonchev–Trinajstić information content (AvgIpc) is 3.04. The lowest BCUT2D eigenvalue weighted by Gasteiger charge is -2.34. The Kier molecular flexibility index (Phi) is 12.4. The van der Waals surface area contributed by atoms with Crippen molar-refractivity contribution in [3.8, 4) is 0 Å². The van der Waals surface area contributed by atoms with Crippen LogP contribution in [0.4, 0.5) is 5.69 Å². The minimum absolute atomic E-state index is 0.0319. The van der Waals surface area contributed by atoms with Crippen LogP contribution in [0.1, 0.15) is 42.5 Å². The van der Waals surface area contributed by atoms with Gasteiger partial charge in [0.15, 0.2) is 0 Å². The van der Waals surface area contributed by atoms with E-state index in [0.29, 0.717) is 32.7 Å². The summed E-state index contributed by atoms with van der Waals surface area (Å²) in [6, 6.07) is 24.1. The van der Waals surface area contributed by atoms with Gasteiger partial charge in [0.2, 0.25) is 11.8 Å². The number of nitrogens with zero attached hydrogens (tertiary/aromatic N) is 2. The van der Waals surface area contributed by atoms with E-state index >= 15 is 0 Å². The van der Waals surface area contributed by atoms with Crippen molar-refractivity contribution in [2.75, 3.05) is 10.8 Å². The van der Waals surface area contributed by atoms with Gasteiger partial charge in [-0.05, 0) is 98.0 Å². The normalized spacial score (nSPS) is 12.7. The highest BCUT2D eigenvalue weighted by Crippen LogP contribution is 2.29. The van der Waals surface area contributed by atoms with Crippen LogP contribution in [0.2, 0.25) is 15.1 Å². The van der Waals surface area contributed by atoms with Crippen LogP contribution in [0.25, 0.3) is 0 Å². The molecule has 0 aliphatic carbocycles. The third-order valence-corrected chi connectivity index (χ3v) is 10.7. The molecule has 0 fully saturated rings. The number of aryl methyl sites for hydroxylation is 2. The summed E-state index contributed by atoms with van der Waals surface area (Å²) in [5.74, 6) is -0.952. The third kappa shape index (κ3) is 9.29. The highest BCUT2D eigenvalue weighted by Gasteiger charge is 2.35. The van der Waals surface area contributed by atoms with Gasteiger partial charge < -0.3 is 10.2 Å². The fourth-order valence-corrected chi connectivity index (χ4v) is 6.97. The fourth-order valence-electron chi connectivity index (χ4n) is 4.97. The molecular formula is C36H38Cl3N3O4S. The maximum atomic E-state index is 14.6. The Hall–Kier alpha value is -3.56. The van der Waals surface area contributed by atoms with Gasteiger partial charge in [-0.25, -0.2) is 8.42 Å². The van der Waals surface area contributed by atoms with E-state index in [1.54, 1.807) is 30.3 Å². The minimum atomic E-state index is -4.26. The molecule has 248 valence electrons. The topological polar surface area (TPSA) is 86.8 Å². The monoisotopic (exact) mass is 713 g/mol. The van der Waals surface area contributed by atoms with Crippen LogP contribution >= 0.6 is 34.8 Å². The Morgan fingerprint density at radius 2 is 1.49 bits per heavy atom. The number of rotatable bonds is 13. The predicted molar refractivity (Wildman–Crippen MR) is 191 cm³/mol. The molecule has 0 bridgehead atoms. The second-order valence-electron chi connectivity index (χ2n) is 11.5. The molecule has 7 nitrogen and oxygen atoms in total. The first-order valence-corrected chi connectivity index (χ1v) is 17.8. The molecule has 0 saturated heterocycles. The zero-order chi connectivity index (χ0) is 34.3. The molecule has 0 unspecified atom stereocenters. The van der Waals surface area contributed by atoms with E-state index in [4.69, 9.17) is 34.8 Å². The fraction of sp³-hybridized carbons (Fsp3) is 0.278. The Morgan fingerprint density at radius 3 is 2.11 bits per heavy atom. The largest absolute Gasteiger partial charge is 0.352 e. The maximum absolute atomic E-state index is 14.6. The molecule has 4 aromatic rings. The lowest BCUT2D eigenvalue weighted by molar-refractivity contribution is -0.140. The Morgan fingerprint density at radius 1 is 0.830 bits per heavy atom. The molecule has 0 radical (unpaired) electrons. The molecule has 47 heavy (non-hydrogen) atoms. The predicted octanol–water partition coefficient (Wildman–Crippen LogP) is 8.01. The SMILES string of the molecule is CC[C@H](C)NC(=O)[C@H](Cc1ccccc1)N(Cc1ccc(Cl)cc1Cl)C(=O)CN(c1ccc(C)c(C)c1)S(=O)(=O)c1ccc(Cl)cc1. The van der Waals surface area contributed by atoms with Gasteiger partial charge in [0.05, 0.1) is 10.6 Å². The summed E-state index contributed by atoms with van der Waals surface area (Å²) in [7, 11) is -4.26. The van der Waals surface area contributed by atoms with Gasteiger partial charge in [-0.15, -0.1) is 0 Å². The van der Waals surface area contributed by atoms with E-state index in [1.807, 2.05) is 64.1 Å². The number of anilines is 1. The van der Waals surface area contributed by atoms with Gasteiger partial charge in [-0.1, -0.05) is 84.2 Å². The summed E-state index contributed by atoms with van der Waals surface area (Å²) >= 11 is 18.8. The summed E-state index contributed by atoms with van der Waals surface area (Å²) < 4.78 is 29.5. The first-order chi connectivity index (χ1) is 22.3. The highest BCUT2D eigenvalue weighted by atomic mass is 35.5.